The van der Waals surface area contributed by atoms with Gasteiger partial charge in [0.1, 0.15) is 0 Å². The molecule has 0 radical (unpaired) electrons. The first kappa shape index (κ1) is 14.5. The molecule has 1 saturated heterocycles. The Labute approximate surface area is 128 Å². The van der Waals surface area contributed by atoms with Gasteiger partial charge in [0.25, 0.3) is 0 Å². The molecule has 2 aliphatic rings. The van der Waals surface area contributed by atoms with Crippen molar-refractivity contribution in [2.75, 3.05) is 18.4 Å². The van der Waals surface area contributed by atoms with E-state index in [0.717, 1.165) is 42.8 Å². The van der Waals surface area contributed by atoms with E-state index in [1.54, 1.807) is 0 Å². The van der Waals surface area contributed by atoms with Gasteiger partial charge in [-0.3, -0.25) is 9.59 Å². The highest BCUT2D eigenvalue weighted by molar-refractivity contribution is 7.15. The summed E-state index contributed by atoms with van der Waals surface area (Å²) in [5.74, 6) is 0.368. The van der Waals surface area contributed by atoms with Gasteiger partial charge < -0.3 is 10.2 Å². The molecule has 1 aliphatic carbocycles. The fourth-order valence-electron chi connectivity index (χ4n) is 2.71. The molecule has 2 heterocycles. The molecule has 21 heavy (non-hydrogen) atoms. The number of amides is 2. The summed E-state index contributed by atoms with van der Waals surface area (Å²) in [4.78, 5) is 31.8. The van der Waals surface area contributed by atoms with Crippen LogP contribution in [0.25, 0.3) is 0 Å². The highest BCUT2D eigenvalue weighted by Gasteiger charge is 2.36. The summed E-state index contributed by atoms with van der Waals surface area (Å²) < 4.78 is 0. The van der Waals surface area contributed by atoms with Gasteiger partial charge in [-0.2, -0.15) is 0 Å². The van der Waals surface area contributed by atoms with E-state index < -0.39 is 0 Å². The second-order valence-corrected chi connectivity index (χ2v) is 7.25. The number of aryl methyl sites for hydroxylation is 2. The van der Waals surface area contributed by atoms with Crippen molar-refractivity contribution < 1.29 is 9.59 Å². The summed E-state index contributed by atoms with van der Waals surface area (Å²) in [5.41, 5.74) is 0.962. The topological polar surface area (TPSA) is 62.3 Å². The molecule has 1 aliphatic heterocycles. The van der Waals surface area contributed by atoms with Crippen molar-refractivity contribution in [1.29, 1.82) is 0 Å². The molecule has 1 saturated carbocycles. The first-order valence-electron chi connectivity index (χ1n) is 7.58. The van der Waals surface area contributed by atoms with Crippen LogP contribution in [0.1, 0.15) is 36.3 Å². The van der Waals surface area contributed by atoms with Crippen LogP contribution >= 0.6 is 11.3 Å². The van der Waals surface area contributed by atoms with Crippen molar-refractivity contribution >= 4 is 28.3 Å². The van der Waals surface area contributed by atoms with Gasteiger partial charge in [0.2, 0.25) is 11.8 Å². The Morgan fingerprint density at radius 1 is 1.24 bits per heavy atom. The lowest BCUT2D eigenvalue weighted by Crippen LogP contribution is -2.44. The zero-order valence-electron chi connectivity index (χ0n) is 12.5. The highest BCUT2D eigenvalue weighted by Crippen LogP contribution is 2.32. The number of nitrogens with zero attached hydrogens (tertiary/aromatic N) is 2. The van der Waals surface area contributed by atoms with Crippen LogP contribution < -0.4 is 5.32 Å². The molecular weight excluding hydrogens is 286 g/mol. The summed E-state index contributed by atoms with van der Waals surface area (Å²) in [6, 6.07) is 0. The van der Waals surface area contributed by atoms with E-state index in [4.69, 9.17) is 0 Å². The number of hydrogen-bond acceptors (Lipinski definition) is 4. The molecule has 1 aromatic rings. The van der Waals surface area contributed by atoms with E-state index in [2.05, 4.69) is 10.3 Å². The van der Waals surface area contributed by atoms with Crippen LogP contribution in [0, 0.1) is 25.7 Å². The maximum atomic E-state index is 12.4. The molecule has 2 fully saturated rings. The number of carbonyl (C=O) groups excluding carboxylic acids is 2. The molecule has 114 valence electrons. The zero-order chi connectivity index (χ0) is 15.0. The fourth-order valence-corrected chi connectivity index (χ4v) is 3.53. The number of carbonyl (C=O) groups is 2. The minimum Gasteiger partial charge on any atom is -0.342 e. The number of anilines is 1. The number of piperidine rings is 1. The number of nitrogens with one attached hydrogen (secondary N) is 1. The fraction of sp³-hybridized carbons (Fsp3) is 0.667. The number of likely N-dealkylation sites (tertiary alicyclic amines) is 1. The second kappa shape index (κ2) is 5.75. The van der Waals surface area contributed by atoms with Crippen LogP contribution in [0.15, 0.2) is 0 Å². The van der Waals surface area contributed by atoms with Crippen LogP contribution in [0.4, 0.5) is 5.13 Å². The first-order valence-corrected chi connectivity index (χ1v) is 8.40. The molecule has 2 amide bonds. The third-order valence-electron chi connectivity index (χ3n) is 4.29. The maximum Gasteiger partial charge on any atom is 0.231 e. The molecule has 6 heteroatoms. The molecule has 3 rings (SSSR count). The molecule has 0 aromatic carbocycles. The van der Waals surface area contributed by atoms with E-state index in [1.165, 1.54) is 11.3 Å². The van der Waals surface area contributed by atoms with Crippen molar-refractivity contribution in [2.24, 2.45) is 11.8 Å². The van der Waals surface area contributed by atoms with Crippen molar-refractivity contribution in [1.82, 2.24) is 9.88 Å². The number of aromatic nitrogens is 1. The summed E-state index contributed by atoms with van der Waals surface area (Å²) in [7, 11) is 0. The van der Waals surface area contributed by atoms with E-state index in [0.29, 0.717) is 11.7 Å². The summed E-state index contributed by atoms with van der Waals surface area (Å²) in [6.07, 6.45) is 3.80. The molecule has 1 N–H and O–H groups in total. The number of thiazole rings is 1. The first-order chi connectivity index (χ1) is 10.0. The van der Waals surface area contributed by atoms with E-state index in [9.17, 15) is 9.59 Å². The lowest BCUT2D eigenvalue weighted by Gasteiger charge is -2.32. The molecule has 5 nitrogen and oxygen atoms in total. The van der Waals surface area contributed by atoms with E-state index in [1.807, 2.05) is 18.7 Å². The average Bonchev–Trinajstić information content (AvgIpc) is 3.26. The minimum absolute atomic E-state index is 0.00273. The van der Waals surface area contributed by atoms with Gasteiger partial charge in [-0.15, -0.1) is 11.3 Å². The molecule has 0 unspecified atom stereocenters. The predicted octanol–water partition coefficient (Wildman–Crippen LogP) is 2.35. The lowest BCUT2D eigenvalue weighted by molar-refractivity contribution is -0.135. The van der Waals surface area contributed by atoms with Gasteiger partial charge >= 0.3 is 0 Å². The van der Waals surface area contributed by atoms with Crippen molar-refractivity contribution in [3.05, 3.63) is 10.6 Å². The monoisotopic (exact) mass is 307 g/mol. The zero-order valence-corrected chi connectivity index (χ0v) is 13.3. The van der Waals surface area contributed by atoms with Crippen LogP contribution in [0.5, 0.6) is 0 Å². The van der Waals surface area contributed by atoms with Crippen LogP contribution in [0.3, 0.4) is 0 Å². The number of rotatable bonds is 3. The molecular formula is C15H21N3O2S. The Morgan fingerprint density at radius 3 is 2.62 bits per heavy atom. The van der Waals surface area contributed by atoms with Crippen LogP contribution in [-0.2, 0) is 9.59 Å². The quantitative estimate of drug-likeness (QED) is 0.932. The summed E-state index contributed by atoms with van der Waals surface area (Å²) in [5, 5.41) is 3.58. The summed E-state index contributed by atoms with van der Waals surface area (Å²) in [6.45, 7) is 5.30. The minimum atomic E-state index is -0.106. The Bertz CT molecular complexity index is 546. The van der Waals surface area contributed by atoms with Gasteiger partial charge in [0.05, 0.1) is 11.6 Å². The van der Waals surface area contributed by atoms with Gasteiger partial charge in [-0.1, -0.05) is 0 Å². The van der Waals surface area contributed by atoms with E-state index in [-0.39, 0.29) is 23.7 Å². The standard InChI is InChI=1S/C15H21N3O2S/c1-9-10(2)21-15(16-9)17-13(19)12-4-3-7-18(8-12)14(20)11-5-6-11/h11-12H,3-8H2,1-2H3,(H,16,17,19)/t12-/m0/s1. The lowest BCUT2D eigenvalue weighted by atomic mass is 9.97. The highest BCUT2D eigenvalue weighted by atomic mass is 32.1. The van der Waals surface area contributed by atoms with Gasteiger partial charge in [-0.05, 0) is 39.5 Å². The third-order valence-corrected chi connectivity index (χ3v) is 5.28. The molecule has 1 atom stereocenters. The van der Waals surface area contributed by atoms with Crippen molar-refractivity contribution in [2.45, 2.75) is 39.5 Å². The van der Waals surface area contributed by atoms with Crippen LogP contribution in [-0.4, -0.2) is 34.8 Å². The Morgan fingerprint density at radius 2 is 2.00 bits per heavy atom. The van der Waals surface area contributed by atoms with Crippen molar-refractivity contribution in [3.63, 3.8) is 0 Å². The van der Waals surface area contributed by atoms with E-state index >= 15 is 0 Å². The van der Waals surface area contributed by atoms with Crippen LogP contribution in [0.2, 0.25) is 0 Å². The average molecular weight is 307 g/mol. The molecule has 0 bridgehead atoms. The SMILES string of the molecule is Cc1nc(NC(=O)[C@H]2CCCN(C(=O)C3CC3)C2)sc1C. The largest absolute Gasteiger partial charge is 0.342 e. The molecule has 0 spiro atoms. The van der Waals surface area contributed by atoms with Gasteiger partial charge in [0, 0.05) is 23.9 Å². The smallest absolute Gasteiger partial charge is 0.231 e. The summed E-state index contributed by atoms with van der Waals surface area (Å²) >= 11 is 1.51. The Balaban J connectivity index is 1.59. The third kappa shape index (κ3) is 3.26. The Hall–Kier alpha value is -1.43. The van der Waals surface area contributed by atoms with Gasteiger partial charge in [0.15, 0.2) is 5.13 Å². The second-order valence-electron chi connectivity index (χ2n) is 6.05. The number of hydrogen-bond donors (Lipinski definition) is 1. The van der Waals surface area contributed by atoms with Crippen molar-refractivity contribution in [3.8, 4) is 0 Å². The Kier molecular flexibility index (Phi) is 3.97. The maximum absolute atomic E-state index is 12.4. The predicted molar refractivity (Wildman–Crippen MR) is 82.2 cm³/mol. The van der Waals surface area contributed by atoms with Gasteiger partial charge in [-0.25, -0.2) is 4.98 Å². The normalized spacial score (nSPS) is 22.2. The molecule has 1 aromatic heterocycles.